The molecule has 0 spiro atoms. The van der Waals surface area contributed by atoms with Crippen molar-refractivity contribution < 1.29 is 8.42 Å². The van der Waals surface area contributed by atoms with Gasteiger partial charge in [0.2, 0.25) is 0 Å². The van der Waals surface area contributed by atoms with Gasteiger partial charge in [0.1, 0.15) is 0 Å². The van der Waals surface area contributed by atoms with E-state index >= 15 is 0 Å². The van der Waals surface area contributed by atoms with Crippen molar-refractivity contribution in [1.82, 2.24) is 4.98 Å². The number of aromatic nitrogens is 1. The summed E-state index contributed by atoms with van der Waals surface area (Å²) in [6, 6.07) is 4.48. The number of nitrogens with zero attached hydrogens (tertiary/aromatic N) is 1. The van der Waals surface area contributed by atoms with Crippen LogP contribution in [0.25, 0.3) is 0 Å². The number of nitrogen functional groups attached to an aromatic ring is 1. The minimum atomic E-state index is -3.66. The van der Waals surface area contributed by atoms with Crippen LogP contribution >= 0.6 is 27.3 Å². The molecule has 0 aliphatic rings. The van der Waals surface area contributed by atoms with Gasteiger partial charge in [0.05, 0.1) is 10.6 Å². The van der Waals surface area contributed by atoms with E-state index in [1.165, 1.54) is 23.5 Å². The van der Waals surface area contributed by atoms with E-state index in [0.717, 1.165) is 10.6 Å². The van der Waals surface area contributed by atoms with Crippen LogP contribution in [0.4, 0.5) is 10.8 Å². The largest absolute Gasteiger partial charge is 0.398 e. The number of halogens is 1. The predicted molar refractivity (Wildman–Crippen MR) is 81.0 cm³/mol. The molecule has 1 aromatic heterocycles. The predicted octanol–water partition coefficient (Wildman–Crippen LogP) is 2.91. The molecule has 0 saturated carbocycles. The lowest BCUT2D eigenvalue weighted by atomic mass is 10.3. The Balaban J connectivity index is 2.34. The van der Waals surface area contributed by atoms with Crippen molar-refractivity contribution in [3.05, 3.63) is 33.2 Å². The summed E-state index contributed by atoms with van der Waals surface area (Å²) in [6.07, 6.45) is 0. The summed E-state index contributed by atoms with van der Waals surface area (Å²) in [5, 5.41) is 0.358. The number of hydrogen-bond donors (Lipinski definition) is 2. The second-order valence-electron chi connectivity index (χ2n) is 3.95. The van der Waals surface area contributed by atoms with E-state index in [-0.39, 0.29) is 4.90 Å². The van der Waals surface area contributed by atoms with Crippen LogP contribution in [-0.2, 0) is 10.0 Å². The molecule has 2 rings (SSSR count). The second-order valence-corrected chi connectivity index (χ2v) is 7.69. The number of anilines is 2. The van der Waals surface area contributed by atoms with E-state index in [2.05, 4.69) is 25.6 Å². The normalized spacial score (nSPS) is 11.5. The molecule has 1 aromatic carbocycles. The van der Waals surface area contributed by atoms with Crippen molar-refractivity contribution in [2.45, 2.75) is 18.7 Å². The third-order valence-corrected chi connectivity index (χ3v) is 5.70. The summed E-state index contributed by atoms with van der Waals surface area (Å²) < 4.78 is 27.5. The minimum absolute atomic E-state index is 0.110. The molecule has 19 heavy (non-hydrogen) atoms. The van der Waals surface area contributed by atoms with Gasteiger partial charge in [-0.3, -0.25) is 4.72 Å². The van der Waals surface area contributed by atoms with Crippen LogP contribution in [0, 0.1) is 13.8 Å². The highest BCUT2D eigenvalue weighted by molar-refractivity contribution is 9.10. The van der Waals surface area contributed by atoms with Crippen molar-refractivity contribution in [1.29, 1.82) is 0 Å². The molecule has 0 atom stereocenters. The molecule has 1 heterocycles. The van der Waals surface area contributed by atoms with Crippen molar-refractivity contribution in [3.8, 4) is 0 Å². The molecule has 3 N–H and O–H groups in total. The maximum atomic E-state index is 12.2. The Morgan fingerprint density at radius 1 is 1.37 bits per heavy atom. The molecule has 0 saturated heterocycles. The van der Waals surface area contributed by atoms with E-state index in [4.69, 9.17) is 5.73 Å². The SMILES string of the molecule is Cc1nc(NS(=O)(=O)c2ccc(Br)c(N)c2)sc1C. The zero-order chi connectivity index (χ0) is 14.2. The van der Waals surface area contributed by atoms with Gasteiger partial charge in [0.15, 0.2) is 5.13 Å². The summed E-state index contributed by atoms with van der Waals surface area (Å²) in [4.78, 5) is 5.24. The average Bonchev–Trinajstić information content (AvgIpc) is 2.60. The fraction of sp³-hybridized carbons (Fsp3) is 0.182. The molecule has 0 bridgehead atoms. The van der Waals surface area contributed by atoms with Crippen LogP contribution in [0.3, 0.4) is 0 Å². The molecule has 8 heteroatoms. The molecule has 0 aliphatic heterocycles. The zero-order valence-corrected chi connectivity index (χ0v) is 13.5. The summed E-state index contributed by atoms with van der Waals surface area (Å²) >= 11 is 4.53. The lowest BCUT2D eigenvalue weighted by Gasteiger charge is -2.06. The Labute approximate surface area is 124 Å². The van der Waals surface area contributed by atoms with Crippen LogP contribution in [0.5, 0.6) is 0 Å². The van der Waals surface area contributed by atoms with E-state index < -0.39 is 10.0 Å². The van der Waals surface area contributed by atoms with Gasteiger partial charge in [-0.1, -0.05) is 0 Å². The first kappa shape index (κ1) is 14.3. The van der Waals surface area contributed by atoms with Gasteiger partial charge in [-0.2, -0.15) is 0 Å². The number of thiazole rings is 1. The number of nitrogens with one attached hydrogen (secondary N) is 1. The van der Waals surface area contributed by atoms with Crippen LogP contribution in [0.1, 0.15) is 10.6 Å². The zero-order valence-electron chi connectivity index (χ0n) is 10.3. The van der Waals surface area contributed by atoms with Crippen molar-refractivity contribution in [3.63, 3.8) is 0 Å². The molecule has 0 fully saturated rings. The molecule has 0 radical (unpaired) electrons. The van der Waals surface area contributed by atoms with Crippen molar-refractivity contribution in [2.75, 3.05) is 10.5 Å². The molecular formula is C11H12BrN3O2S2. The van der Waals surface area contributed by atoms with Crippen LogP contribution < -0.4 is 10.5 Å². The first-order valence-corrected chi connectivity index (χ1v) is 8.41. The summed E-state index contributed by atoms with van der Waals surface area (Å²) in [7, 11) is -3.66. The van der Waals surface area contributed by atoms with Crippen LogP contribution in [0.2, 0.25) is 0 Å². The molecule has 0 amide bonds. The number of sulfonamides is 1. The second kappa shape index (κ2) is 5.10. The maximum Gasteiger partial charge on any atom is 0.263 e. The quantitative estimate of drug-likeness (QED) is 0.823. The number of nitrogens with two attached hydrogens (primary N) is 1. The highest BCUT2D eigenvalue weighted by Gasteiger charge is 2.17. The first-order chi connectivity index (χ1) is 8.79. The molecule has 2 aromatic rings. The maximum absolute atomic E-state index is 12.2. The summed E-state index contributed by atoms with van der Waals surface area (Å²) in [5.74, 6) is 0. The van der Waals surface area contributed by atoms with E-state index in [1.54, 1.807) is 6.07 Å². The smallest absolute Gasteiger partial charge is 0.263 e. The van der Waals surface area contributed by atoms with Gasteiger partial charge in [-0.15, -0.1) is 11.3 Å². The van der Waals surface area contributed by atoms with Gasteiger partial charge in [0, 0.05) is 15.0 Å². The van der Waals surface area contributed by atoms with E-state index in [9.17, 15) is 8.42 Å². The Morgan fingerprint density at radius 3 is 2.58 bits per heavy atom. The third kappa shape index (κ3) is 3.07. The highest BCUT2D eigenvalue weighted by atomic mass is 79.9. The van der Waals surface area contributed by atoms with Gasteiger partial charge in [0.25, 0.3) is 10.0 Å². The van der Waals surface area contributed by atoms with Gasteiger partial charge in [-0.05, 0) is 48.0 Å². The van der Waals surface area contributed by atoms with Crippen molar-refractivity contribution >= 4 is 48.1 Å². The Morgan fingerprint density at radius 2 is 2.05 bits per heavy atom. The molecular weight excluding hydrogens is 350 g/mol. The Bertz CT molecular complexity index is 706. The number of hydrogen-bond acceptors (Lipinski definition) is 5. The van der Waals surface area contributed by atoms with E-state index in [0.29, 0.717) is 15.3 Å². The first-order valence-electron chi connectivity index (χ1n) is 5.31. The topological polar surface area (TPSA) is 85.1 Å². The summed E-state index contributed by atoms with van der Waals surface area (Å²) in [6.45, 7) is 3.73. The fourth-order valence-corrected chi connectivity index (χ4v) is 3.71. The minimum Gasteiger partial charge on any atom is -0.398 e. The monoisotopic (exact) mass is 361 g/mol. The molecule has 0 aliphatic carbocycles. The number of rotatable bonds is 3. The Hall–Kier alpha value is -1.12. The number of benzene rings is 1. The fourth-order valence-electron chi connectivity index (χ4n) is 1.38. The lowest BCUT2D eigenvalue weighted by Crippen LogP contribution is -2.13. The highest BCUT2D eigenvalue weighted by Crippen LogP contribution is 2.26. The molecule has 0 unspecified atom stereocenters. The van der Waals surface area contributed by atoms with Gasteiger partial charge in [-0.25, -0.2) is 13.4 Å². The lowest BCUT2D eigenvalue weighted by molar-refractivity contribution is 0.601. The van der Waals surface area contributed by atoms with Gasteiger partial charge >= 0.3 is 0 Å². The van der Waals surface area contributed by atoms with Gasteiger partial charge < -0.3 is 5.73 Å². The van der Waals surface area contributed by atoms with Crippen molar-refractivity contribution in [2.24, 2.45) is 0 Å². The Kier molecular flexibility index (Phi) is 3.84. The molecule has 5 nitrogen and oxygen atoms in total. The summed E-state index contributed by atoms with van der Waals surface area (Å²) in [5.41, 5.74) is 6.87. The van der Waals surface area contributed by atoms with E-state index in [1.807, 2.05) is 13.8 Å². The van der Waals surface area contributed by atoms with Crippen LogP contribution in [0.15, 0.2) is 27.6 Å². The number of aryl methyl sites for hydroxylation is 2. The van der Waals surface area contributed by atoms with Crippen LogP contribution in [-0.4, -0.2) is 13.4 Å². The standard InChI is InChI=1S/C11H12BrN3O2S2/c1-6-7(2)18-11(14-6)15-19(16,17)8-3-4-9(12)10(13)5-8/h3-5H,13H2,1-2H3,(H,14,15). The molecule has 102 valence electrons. The third-order valence-electron chi connectivity index (χ3n) is 2.53. The average molecular weight is 362 g/mol.